The Balaban J connectivity index is 1.58. The van der Waals surface area contributed by atoms with E-state index in [2.05, 4.69) is 33.0 Å². The monoisotopic (exact) mass is 462 g/mol. The van der Waals surface area contributed by atoms with E-state index < -0.39 is 5.91 Å². The van der Waals surface area contributed by atoms with E-state index in [-0.39, 0.29) is 17.3 Å². The second-order valence-corrected chi connectivity index (χ2v) is 7.35. The number of carbonyl (C=O) groups is 1. The molecule has 10 heteroatoms. The maximum atomic E-state index is 11.9. The SMILES string of the molecule is C=C(C#N)C(=O)Nc1cccc(Oc2ncnc(N)c2-c2cnn(Cc3cccc(C#N)c3)c2)c1. The van der Waals surface area contributed by atoms with E-state index in [4.69, 9.17) is 21.0 Å². The molecule has 0 aliphatic carbocycles. The summed E-state index contributed by atoms with van der Waals surface area (Å²) in [6.45, 7) is 3.85. The van der Waals surface area contributed by atoms with Crippen molar-refractivity contribution in [1.82, 2.24) is 19.7 Å². The molecule has 2 aromatic heterocycles. The first-order chi connectivity index (χ1) is 17.0. The van der Waals surface area contributed by atoms with E-state index in [1.54, 1.807) is 59.5 Å². The minimum atomic E-state index is -0.607. The number of benzene rings is 2. The molecule has 0 bridgehead atoms. The van der Waals surface area contributed by atoms with Crippen LogP contribution < -0.4 is 15.8 Å². The van der Waals surface area contributed by atoms with Crippen LogP contribution in [0.1, 0.15) is 11.1 Å². The van der Waals surface area contributed by atoms with Gasteiger partial charge in [-0.05, 0) is 29.8 Å². The first kappa shape index (κ1) is 22.7. The number of nitrogen functional groups attached to an aromatic ring is 1. The average molecular weight is 462 g/mol. The molecule has 0 unspecified atom stereocenters. The third-order valence-corrected chi connectivity index (χ3v) is 4.88. The van der Waals surface area contributed by atoms with Crippen molar-refractivity contribution in [2.75, 3.05) is 11.1 Å². The summed E-state index contributed by atoms with van der Waals surface area (Å²) in [6, 6.07) is 17.7. The molecule has 0 saturated heterocycles. The number of ether oxygens (including phenoxy) is 1. The van der Waals surface area contributed by atoms with Crippen LogP contribution in [-0.2, 0) is 11.3 Å². The molecular formula is C25H18N8O2. The first-order valence-corrected chi connectivity index (χ1v) is 10.3. The second-order valence-electron chi connectivity index (χ2n) is 7.35. The van der Waals surface area contributed by atoms with E-state index >= 15 is 0 Å². The number of nitrogens with two attached hydrogens (primary N) is 1. The quantitative estimate of drug-likeness (QED) is 0.311. The number of nitriles is 2. The Hall–Kier alpha value is -5.48. The molecule has 0 saturated carbocycles. The molecule has 0 radical (unpaired) electrons. The van der Waals surface area contributed by atoms with E-state index in [9.17, 15) is 4.79 Å². The van der Waals surface area contributed by atoms with Gasteiger partial charge in [0.1, 0.15) is 29.5 Å². The highest BCUT2D eigenvalue weighted by atomic mass is 16.5. The van der Waals surface area contributed by atoms with Crippen LogP contribution in [0.25, 0.3) is 11.1 Å². The Morgan fingerprint density at radius 1 is 1.17 bits per heavy atom. The predicted octanol–water partition coefficient (Wildman–Crippen LogP) is 3.65. The zero-order chi connectivity index (χ0) is 24.8. The highest BCUT2D eigenvalue weighted by Gasteiger charge is 2.17. The molecule has 0 aliphatic heterocycles. The fraction of sp³-hybridized carbons (Fsp3) is 0.0400. The van der Waals surface area contributed by atoms with Gasteiger partial charge in [0.05, 0.1) is 29.9 Å². The lowest BCUT2D eigenvalue weighted by molar-refractivity contribution is -0.112. The fourth-order valence-electron chi connectivity index (χ4n) is 3.24. The van der Waals surface area contributed by atoms with Crippen molar-refractivity contribution < 1.29 is 9.53 Å². The Morgan fingerprint density at radius 2 is 2.00 bits per heavy atom. The molecule has 2 aromatic carbocycles. The molecule has 0 aliphatic rings. The van der Waals surface area contributed by atoms with Crippen molar-refractivity contribution in [3.8, 4) is 34.9 Å². The Labute approximate surface area is 200 Å². The van der Waals surface area contributed by atoms with Gasteiger partial charge in [0.2, 0.25) is 5.88 Å². The van der Waals surface area contributed by atoms with E-state index in [0.717, 1.165) is 5.56 Å². The van der Waals surface area contributed by atoms with Crippen LogP contribution in [0.2, 0.25) is 0 Å². The van der Waals surface area contributed by atoms with Gasteiger partial charge in [-0.3, -0.25) is 9.48 Å². The van der Waals surface area contributed by atoms with Crippen molar-refractivity contribution >= 4 is 17.4 Å². The van der Waals surface area contributed by atoms with Crippen LogP contribution in [0.3, 0.4) is 0 Å². The van der Waals surface area contributed by atoms with Crippen LogP contribution >= 0.6 is 0 Å². The largest absolute Gasteiger partial charge is 0.438 e. The normalized spacial score (nSPS) is 10.1. The number of hydrogen-bond acceptors (Lipinski definition) is 8. The van der Waals surface area contributed by atoms with Gasteiger partial charge in [0.25, 0.3) is 5.91 Å². The number of amides is 1. The Bertz CT molecular complexity index is 1510. The maximum Gasteiger partial charge on any atom is 0.265 e. The van der Waals surface area contributed by atoms with Crippen molar-refractivity contribution in [3.05, 3.63) is 90.5 Å². The number of aromatic nitrogens is 4. The summed E-state index contributed by atoms with van der Waals surface area (Å²) in [5.41, 5.74) is 8.95. The zero-order valence-corrected chi connectivity index (χ0v) is 18.3. The van der Waals surface area contributed by atoms with Crippen LogP contribution in [-0.4, -0.2) is 25.7 Å². The van der Waals surface area contributed by atoms with Crippen molar-refractivity contribution in [3.63, 3.8) is 0 Å². The number of anilines is 2. The highest BCUT2D eigenvalue weighted by molar-refractivity contribution is 6.06. The van der Waals surface area contributed by atoms with E-state index in [1.807, 2.05) is 12.1 Å². The Kier molecular flexibility index (Phi) is 6.47. The molecular weight excluding hydrogens is 444 g/mol. The predicted molar refractivity (Wildman–Crippen MR) is 128 cm³/mol. The van der Waals surface area contributed by atoms with Crippen LogP contribution in [0.4, 0.5) is 11.5 Å². The van der Waals surface area contributed by atoms with Gasteiger partial charge in [0.15, 0.2) is 0 Å². The van der Waals surface area contributed by atoms with Crippen LogP contribution in [0, 0.1) is 22.7 Å². The van der Waals surface area contributed by atoms with Gasteiger partial charge in [-0.2, -0.15) is 15.6 Å². The lowest BCUT2D eigenvalue weighted by Crippen LogP contribution is -2.12. The van der Waals surface area contributed by atoms with Gasteiger partial charge in [0, 0.05) is 23.5 Å². The summed E-state index contributed by atoms with van der Waals surface area (Å²) in [7, 11) is 0. The molecule has 0 spiro atoms. The summed E-state index contributed by atoms with van der Waals surface area (Å²) in [5, 5.41) is 24.9. The Morgan fingerprint density at radius 3 is 2.80 bits per heavy atom. The van der Waals surface area contributed by atoms with E-state index in [1.165, 1.54) is 6.33 Å². The van der Waals surface area contributed by atoms with E-state index in [0.29, 0.717) is 34.7 Å². The topological polar surface area (TPSA) is 156 Å². The lowest BCUT2D eigenvalue weighted by atomic mass is 10.1. The lowest BCUT2D eigenvalue weighted by Gasteiger charge is -2.11. The summed E-state index contributed by atoms with van der Waals surface area (Å²) < 4.78 is 7.68. The van der Waals surface area contributed by atoms with Crippen molar-refractivity contribution in [2.45, 2.75) is 6.54 Å². The maximum absolute atomic E-state index is 11.9. The summed E-state index contributed by atoms with van der Waals surface area (Å²) >= 11 is 0. The molecule has 0 fully saturated rings. The number of hydrogen-bond donors (Lipinski definition) is 2. The number of carbonyl (C=O) groups excluding carboxylic acids is 1. The molecule has 35 heavy (non-hydrogen) atoms. The summed E-state index contributed by atoms with van der Waals surface area (Å²) in [5.74, 6) is 0.180. The number of nitrogens with zero attached hydrogens (tertiary/aromatic N) is 6. The molecule has 4 aromatic rings. The average Bonchev–Trinajstić information content (AvgIpc) is 3.31. The van der Waals surface area contributed by atoms with Gasteiger partial charge >= 0.3 is 0 Å². The zero-order valence-electron chi connectivity index (χ0n) is 18.3. The highest BCUT2D eigenvalue weighted by Crippen LogP contribution is 2.35. The second kappa shape index (κ2) is 9.98. The van der Waals surface area contributed by atoms with Gasteiger partial charge in [-0.15, -0.1) is 0 Å². The third-order valence-electron chi connectivity index (χ3n) is 4.88. The molecule has 0 atom stereocenters. The number of nitrogens with one attached hydrogen (secondary N) is 1. The van der Waals surface area contributed by atoms with Crippen LogP contribution in [0.5, 0.6) is 11.6 Å². The summed E-state index contributed by atoms with van der Waals surface area (Å²) in [6.07, 6.45) is 4.69. The number of rotatable bonds is 7. The van der Waals surface area contributed by atoms with Gasteiger partial charge in [-0.1, -0.05) is 24.8 Å². The minimum Gasteiger partial charge on any atom is -0.438 e. The molecule has 1 amide bonds. The van der Waals surface area contributed by atoms with Gasteiger partial charge in [-0.25, -0.2) is 9.97 Å². The first-order valence-electron chi connectivity index (χ1n) is 10.3. The third kappa shape index (κ3) is 5.30. The standard InChI is InChI=1S/C25H18N8O2/c1-16(10-26)24(34)32-20-6-3-7-21(9-20)35-25-22(23(28)29-15-30-25)19-12-31-33(14-19)13-18-5-2-4-17(8-18)11-27/h2-9,12,14-15H,1,13H2,(H,32,34)(H2,28,29,30). The molecule has 2 heterocycles. The summed E-state index contributed by atoms with van der Waals surface area (Å²) in [4.78, 5) is 20.2. The van der Waals surface area contributed by atoms with Gasteiger partial charge < -0.3 is 15.8 Å². The van der Waals surface area contributed by atoms with Crippen LogP contribution in [0.15, 0.2) is 79.4 Å². The molecule has 10 nitrogen and oxygen atoms in total. The molecule has 4 rings (SSSR count). The smallest absolute Gasteiger partial charge is 0.265 e. The fourth-order valence-corrected chi connectivity index (χ4v) is 3.24. The molecule has 3 N–H and O–H groups in total. The van der Waals surface area contributed by atoms with Crippen molar-refractivity contribution in [2.24, 2.45) is 0 Å². The van der Waals surface area contributed by atoms with Crippen molar-refractivity contribution in [1.29, 1.82) is 10.5 Å². The minimum absolute atomic E-state index is 0.202. The molecule has 170 valence electrons.